The van der Waals surface area contributed by atoms with Crippen LogP contribution in [0.5, 0.6) is 11.5 Å². The van der Waals surface area contributed by atoms with Gasteiger partial charge in [0.2, 0.25) is 0 Å². The van der Waals surface area contributed by atoms with Gasteiger partial charge in [-0.1, -0.05) is 6.07 Å². The van der Waals surface area contributed by atoms with Crippen molar-refractivity contribution in [3.8, 4) is 11.5 Å². The lowest BCUT2D eigenvalue weighted by Crippen LogP contribution is -1.77. The monoisotopic (exact) mass is 161 g/mol. The minimum absolute atomic E-state index is 0.115. The Morgan fingerprint density at radius 1 is 1.08 bits per heavy atom. The number of pyridine rings is 1. The molecule has 0 amide bonds. The zero-order valence-electron chi connectivity index (χ0n) is 6.23. The molecule has 12 heavy (non-hydrogen) atoms. The minimum atomic E-state index is -0.138. The van der Waals surface area contributed by atoms with Gasteiger partial charge in [0.05, 0.1) is 5.52 Å². The number of hydrogen-bond donors (Lipinski definition) is 2. The Morgan fingerprint density at radius 3 is 2.67 bits per heavy atom. The van der Waals surface area contributed by atoms with Crippen LogP contribution in [-0.2, 0) is 0 Å². The first kappa shape index (κ1) is 6.91. The van der Waals surface area contributed by atoms with Gasteiger partial charge in [-0.05, 0) is 12.1 Å². The van der Waals surface area contributed by atoms with E-state index in [1.807, 2.05) is 6.07 Å². The quantitative estimate of drug-likeness (QED) is 0.577. The molecule has 0 bridgehead atoms. The van der Waals surface area contributed by atoms with Crippen LogP contribution in [0, 0.1) is 0 Å². The van der Waals surface area contributed by atoms with E-state index in [0.717, 1.165) is 5.39 Å². The molecule has 3 nitrogen and oxygen atoms in total. The molecule has 0 radical (unpaired) electrons. The lowest BCUT2D eigenvalue weighted by Gasteiger charge is -1.99. The highest BCUT2D eigenvalue weighted by molar-refractivity contribution is 5.81. The molecule has 0 saturated carbocycles. The summed E-state index contributed by atoms with van der Waals surface area (Å²) in [5.74, 6) is -0.253. The standard InChI is InChI=1S/C9H7NO2/c11-8-4-6-2-1-3-10-7(6)5-9(8)12/h1-5,11-12H. The van der Waals surface area contributed by atoms with Gasteiger partial charge in [-0.3, -0.25) is 4.98 Å². The largest absolute Gasteiger partial charge is 0.504 e. The van der Waals surface area contributed by atoms with Gasteiger partial charge in [0, 0.05) is 17.6 Å². The Labute approximate surface area is 68.9 Å². The number of nitrogens with zero attached hydrogens (tertiary/aromatic N) is 1. The first-order valence-corrected chi connectivity index (χ1v) is 3.54. The minimum Gasteiger partial charge on any atom is -0.504 e. The van der Waals surface area contributed by atoms with E-state index in [0.29, 0.717) is 5.52 Å². The predicted molar refractivity (Wildman–Crippen MR) is 45.1 cm³/mol. The molecule has 1 heterocycles. The van der Waals surface area contributed by atoms with E-state index in [2.05, 4.69) is 4.98 Å². The number of aromatic nitrogens is 1. The van der Waals surface area contributed by atoms with Crippen molar-refractivity contribution in [2.75, 3.05) is 0 Å². The van der Waals surface area contributed by atoms with Crippen LogP contribution in [0.4, 0.5) is 0 Å². The molecular formula is C9H7NO2. The van der Waals surface area contributed by atoms with E-state index in [1.165, 1.54) is 12.1 Å². The highest BCUT2D eigenvalue weighted by Gasteiger charge is 2.00. The molecule has 0 aliphatic heterocycles. The fourth-order valence-electron chi connectivity index (χ4n) is 1.10. The Morgan fingerprint density at radius 2 is 1.83 bits per heavy atom. The summed E-state index contributed by atoms with van der Waals surface area (Å²) in [6.07, 6.45) is 1.64. The highest BCUT2D eigenvalue weighted by atomic mass is 16.3. The summed E-state index contributed by atoms with van der Waals surface area (Å²) in [5.41, 5.74) is 0.674. The Balaban J connectivity index is 2.84. The highest BCUT2D eigenvalue weighted by Crippen LogP contribution is 2.28. The van der Waals surface area contributed by atoms with Gasteiger partial charge in [-0.15, -0.1) is 0 Å². The maximum atomic E-state index is 9.14. The molecule has 0 spiro atoms. The van der Waals surface area contributed by atoms with Gasteiger partial charge in [-0.2, -0.15) is 0 Å². The summed E-state index contributed by atoms with van der Waals surface area (Å²) in [6.45, 7) is 0. The van der Waals surface area contributed by atoms with Gasteiger partial charge >= 0.3 is 0 Å². The van der Waals surface area contributed by atoms with Crippen molar-refractivity contribution < 1.29 is 10.2 Å². The molecule has 0 atom stereocenters. The van der Waals surface area contributed by atoms with Gasteiger partial charge in [0.1, 0.15) is 0 Å². The maximum Gasteiger partial charge on any atom is 0.159 e. The first-order chi connectivity index (χ1) is 5.77. The van der Waals surface area contributed by atoms with Crippen molar-refractivity contribution in [3.05, 3.63) is 30.5 Å². The van der Waals surface area contributed by atoms with Crippen LogP contribution in [0.2, 0.25) is 0 Å². The van der Waals surface area contributed by atoms with Crippen LogP contribution in [-0.4, -0.2) is 15.2 Å². The maximum absolute atomic E-state index is 9.14. The van der Waals surface area contributed by atoms with Crippen molar-refractivity contribution in [1.29, 1.82) is 0 Å². The third-order valence-electron chi connectivity index (χ3n) is 1.70. The SMILES string of the molecule is Oc1cc2cccnc2cc1O. The molecule has 1 aromatic heterocycles. The van der Waals surface area contributed by atoms with Crippen molar-refractivity contribution in [1.82, 2.24) is 4.98 Å². The van der Waals surface area contributed by atoms with Crippen LogP contribution in [0.1, 0.15) is 0 Å². The van der Waals surface area contributed by atoms with Crippen molar-refractivity contribution in [2.45, 2.75) is 0 Å². The van der Waals surface area contributed by atoms with Crippen molar-refractivity contribution in [3.63, 3.8) is 0 Å². The summed E-state index contributed by atoms with van der Waals surface area (Å²) in [4.78, 5) is 4.01. The van der Waals surface area contributed by atoms with Crippen LogP contribution < -0.4 is 0 Å². The summed E-state index contributed by atoms with van der Waals surface area (Å²) < 4.78 is 0. The lowest BCUT2D eigenvalue weighted by molar-refractivity contribution is 0.405. The zero-order chi connectivity index (χ0) is 8.55. The van der Waals surface area contributed by atoms with Crippen LogP contribution in [0.15, 0.2) is 30.5 Å². The van der Waals surface area contributed by atoms with E-state index in [1.54, 1.807) is 12.3 Å². The second-order valence-electron chi connectivity index (χ2n) is 2.54. The average molecular weight is 161 g/mol. The summed E-state index contributed by atoms with van der Waals surface area (Å²) in [7, 11) is 0. The van der Waals surface area contributed by atoms with Gasteiger partial charge in [0.25, 0.3) is 0 Å². The van der Waals surface area contributed by atoms with E-state index >= 15 is 0 Å². The summed E-state index contributed by atoms with van der Waals surface area (Å²) in [6, 6.07) is 6.52. The first-order valence-electron chi connectivity index (χ1n) is 3.54. The topological polar surface area (TPSA) is 53.4 Å². The van der Waals surface area contributed by atoms with Crippen LogP contribution in [0.3, 0.4) is 0 Å². The fourth-order valence-corrected chi connectivity index (χ4v) is 1.10. The van der Waals surface area contributed by atoms with Gasteiger partial charge < -0.3 is 10.2 Å². The third kappa shape index (κ3) is 0.955. The predicted octanol–water partition coefficient (Wildman–Crippen LogP) is 1.65. The number of rotatable bonds is 0. The second kappa shape index (κ2) is 2.37. The molecule has 60 valence electrons. The van der Waals surface area contributed by atoms with Crippen LogP contribution in [0.25, 0.3) is 10.9 Å². The molecule has 1 aromatic carbocycles. The normalized spacial score (nSPS) is 10.3. The number of aromatic hydroxyl groups is 2. The summed E-state index contributed by atoms with van der Waals surface area (Å²) >= 11 is 0. The lowest BCUT2D eigenvalue weighted by atomic mass is 10.2. The Bertz CT molecular complexity index is 385. The van der Waals surface area contributed by atoms with Gasteiger partial charge in [0.15, 0.2) is 11.5 Å². The number of phenols is 2. The number of benzene rings is 1. The molecule has 0 aliphatic rings. The smallest absolute Gasteiger partial charge is 0.159 e. The van der Waals surface area contributed by atoms with Crippen LogP contribution >= 0.6 is 0 Å². The average Bonchev–Trinajstić information content (AvgIpc) is 2.07. The van der Waals surface area contributed by atoms with Crippen molar-refractivity contribution >= 4 is 10.9 Å². The fraction of sp³-hybridized carbons (Fsp3) is 0. The number of phenolic OH excluding ortho intramolecular Hbond substituents is 2. The second-order valence-corrected chi connectivity index (χ2v) is 2.54. The third-order valence-corrected chi connectivity index (χ3v) is 1.70. The molecule has 0 fully saturated rings. The zero-order valence-corrected chi connectivity index (χ0v) is 6.23. The Kier molecular flexibility index (Phi) is 1.37. The molecular weight excluding hydrogens is 154 g/mol. The van der Waals surface area contributed by atoms with Crippen molar-refractivity contribution in [2.24, 2.45) is 0 Å². The van der Waals surface area contributed by atoms with E-state index in [4.69, 9.17) is 10.2 Å². The molecule has 3 heteroatoms. The molecule has 0 saturated heterocycles. The van der Waals surface area contributed by atoms with E-state index in [-0.39, 0.29) is 11.5 Å². The van der Waals surface area contributed by atoms with Gasteiger partial charge in [-0.25, -0.2) is 0 Å². The summed E-state index contributed by atoms with van der Waals surface area (Å²) in [5, 5.41) is 19.1. The molecule has 2 N–H and O–H groups in total. The molecule has 2 aromatic rings. The number of hydrogen-bond acceptors (Lipinski definition) is 3. The molecule has 2 rings (SSSR count). The van der Waals surface area contributed by atoms with E-state index < -0.39 is 0 Å². The Hall–Kier alpha value is -1.77. The number of fused-ring (bicyclic) bond motifs is 1. The molecule has 0 aliphatic carbocycles. The van der Waals surface area contributed by atoms with E-state index in [9.17, 15) is 0 Å². The molecule has 0 unspecified atom stereocenters.